The van der Waals surface area contributed by atoms with Crippen molar-refractivity contribution in [2.45, 2.75) is 13.1 Å². The molecule has 0 bridgehead atoms. The van der Waals surface area contributed by atoms with Crippen LogP contribution in [0.2, 0.25) is 0 Å². The van der Waals surface area contributed by atoms with Gasteiger partial charge in [0, 0.05) is 0 Å². The van der Waals surface area contributed by atoms with Gasteiger partial charge >= 0.3 is 11.7 Å². The summed E-state index contributed by atoms with van der Waals surface area (Å²) >= 11 is 0. The third-order valence-corrected chi connectivity index (χ3v) is 3.72. The number of aromatic nitrogens is 2. The predicted molar refractivity (Wildman–Crippen MR) is 85.9 cm³/mol. The van der Waals surface area contributed by atoms with Gasteiger partial charge in [-0.3, -0.25) is 13.9 Å². The average molecular weight is 312 g/mol. The second kappa shape index (κ2) is 6.00. The standard InChI is InChI=1S/C17H16N2O4/c1-23-13-8-6-12(7-9-13)10-18-14-4-2-3-5-15(14)19(17(18)22)11-16(20)21/h2-9H,10-11H2,1H3,(H,20,21). The monoisotopic (exact) mass is 312 g/mol. The minimum absolute atomic E-state index is 0.329. The Bertz CT molecular complexity index is 906. The van der Waals surface area contributed by atoms with Crippen LogP contribution in [0.4, 0.5) is 0 Å². The van der Waals surface area contributed by atoms with Gasteiger partial charge in [0.15, 0.2) is 0 Å². The molecule has 1 heterocycles. The van der Waals surface area contributed by atoms with Gasteiger partial charge in [0.05, 0.1) is 24.7 Å². The highest BCUT2D eigenvalue weighted by atomic mass is 16.5. The molecule has 0 aliphatic heterocycles. The van der Waals surface area contributed by atoms with Gasteiger partial charge in [0.1, 0.15) is 12.3 Å². The van der Waals surface area contributed by atoms with Gasteiger partial charge < -0.3 is 9.84 Å². The summed E-state index contributed by atoms with van der Waals surface area (Å²) in [5.74, 6) is -0.297. The Kier molecular flexibility index (Phi) is 3.89. The SMILES string of the molecule is COc1ccc(Cn2c(=O)n(CC(=O)O)c3ccccc32)cc1. The summed E-state index contributed by atoms with van der Waals surface area (Å²) in [7, 11) is 1.60. The van der Waals surface area contributed by atoms with Crippen LogP contribution >= 0.6 is 0 Å². The van der Waals surface area contributed by atoms with Crippen LogP contribution in [0.1, 0.15) is 5.56 Å². The zero-order valence-electron chi connectivity index (χ0n) is 12.6. The molecule has 0 saturated carbocycles. The highest BCUT2D eigenvalue weighted by Gasteiger charge is 2.14. The van der Waals surface area contributed by atoms with E-state index < -0.39 is 5.97 Å². The predicted octanol–water partition coefficient (Wildman–Crippen LogP) is 1.94. The van der Waals surface area contributed by atoms with Crippen molar-refractivity contribution in [1.29, 1.82) is 0 Å². The summed E-state index contributed by atoms with van der Waals surface area (Å²) in [5, 5.41) is 9.02. The average Bonchev–Trinajstić information content (AvgIpc) is 2.81. The fourth-order valence-corrected chi connectivity index (χ4v) is 2.63. The molecule has 6 nitrogen and oxygen atoms in total. The molecule has 23 heavy (non-hydrogen) atoms. The zero-order valence-corrected chi connectivity index (χ0v) is 12.6. The lowest BCUT2D eigenvalue weighted by Gasteiger charge is -2.05. The van der Waals surface area contributed by atoms with Crippen molar-refractivity contribution in [3.8, 4) is 5.75 Å². The van der Waals surface area contributed by atoms with Crippen LogP contribution < -0.4 is 10.4 Å². The quantitative estimate of drug-likeness (QED) is 0.781. The van der Waals surface area contributed by atoms with E-state index in [1.54, 1.807) is 23.8 Å². The fraction of sp³-hybridized carbons (Fsp3) is 0.176. The van der Waals surface area contributed by atoms with Gasteiger partial charge in [-0.15, -0.1) is 0 Å². The summed E-state index contributed by atoms with van der Waals surface area (Å²) in [6.45, 7) is 0.0188. The number of nitrogens with zero attached hydrogens (tertiary/aromatic N) is 2. The third kappa shape index (κ3) is 2.83. The first kappa shape index (κ1) is 14.9. The first-order chi connectivity index (χ1) is 11.1. The number of para-hydroxylation sites is 2. The van der Waals surface area contributed by atoms with Crippen molar-refractivity contribution in [3.05, 3.63) is 64.6 Å². The summed E-state index contributed by atoms with van der Waals surface area (Å²) < 4.78 is 7.99. The van der Waals surface area contributed by atoms with Crippen molar-refractivity contribution in [2.75, 3.05) is 7.11 Å². The molecule has 6 heteroatoms. The highest BCUT2D eigenvalue weighted by Crippen LogP contribution is 2.16. The van der Waals surface area contributed by atoms with Crippen LogP contribution in [0.15, 0.2) is 53.3 Å². The molecule has 0 radical (unpaired) electrons. The number of ether oxygens (including phenoxy) is 1. The van der Waals surface area contributed by atoms with Crippen LogP contribution in [-0.4, -0.2) is 27.3 Å². The van der Waals surface area contributed by atoms with Crippen LogP contribution in [0.5, 0.6) is 5.75 Å². The van der Waals surface area contributed by atoms with E-state index in [1.165, 1.54) is 4.57 Å². The summed E-state index contributed by atoms with van der Waals surface area (Å²) in [6, 6.07) is 14.6. The molecule has 0 spiro atoms. The van der Waals surface area contributed by atoms with Crippen molar-refractivity contribution in [2.24, 2.45) is 0 Å². The Hall–Kier alpha value is -3.02. The van der Waals surface area contributed by atoms with Gasteiger partial charge in [-0.05, 0) is 29.8 Å². The van der Waals surface area contributed by atoms with Gasteiger partial charge in [-0.1, -0.05) is 24.3 Å². The summed E-state index contributed by atoms with van der Waals surface area (Å²) in [5.41, 5.74) is 1.94. The van der Waals surface area contributed by atoms with E-state index in [0.717, 1.165) is 16.8 Å². The number of benzene rings is 2. The van der Waals surface area contributed by atoms with E-state index in [0.29, 0.717) is 12.1 Å². The first-order valence-corrected chi connectivity index (χ1v) is 7.13. The molecule has 0 aliphatic carbocycles. The number of methoxy groups -OCH3 is 1. The van der Waals surface area contributed by atoms with Crippen LogP contribution in [0.25, 0.3) is 11.0 Å². The molecule has 3 aromatic rings. The molecule has 3 rings (SSSR count). The Labute approximate surface area is 132 Å². The second-order valence-corrected chi connectivity index (χ2v) is 5.19. The molecule has 118 valence electrons. The molecule has 1 N–H and O–H groups in total. The summed E-state index contributed by atoms with van der Waals surface area (Å²) in [4.78, 5) is 23.6. The molecule has 0 aliphatic rings. The smallest absolute Gasteiger partial charge is 0.329 e. The number of hydrogen-bond donors (Lipinski definition) is 1. The number of imidazole rings is 1. The lowest BCUT2D eigenvalue weighted by atomic mass is 10.2. The Morgan fingerprint density at radius 1 is 1.04 bits per heavy atom. The Balaban J connectivity index is 2.07. The Morgan fingerprint density at radius 3 is 2.22 bits per heavy atom. The normalized spacial score (nSPS) is 10.8. The third-order valence-electron chi connectivity index (χ3n) is 3.72. The minimum atomic E-state index is -1.04. The maximum atomic E-state index is 12.6. The number of aliphatic carboxylic acids is 1. The van der Waals surface area contributed by atoms with E-state index >= 15 is 0 Å². The molecule has 0 unspecified atom stereocenters. The number of hydrogen-bond acceptors (Lipinski definition) is 3. The van der Waals surface area contributed by atoms with Crippen LogP contribution in [0, 0.1) is 0 Å². The Morgan fingerprint density at radius 2 is 1.65 bits per heavy atom. The lowest BCUT2D eigenvalue weighted by Crippen LogP contribution is -2.27. The summed E-state index contributed by atoms with van der Waals surface area (Å²) in [6.07, 6.45) is 0. The molecule has 0 saturated heterocycles. The molecule has 0 fully saturated rings. The van der Waals surface area contributed by atoms with Crippen molar-refractivity contribution in [3.63, 3.8) is 0 Å². The zero-order chi connectivity index (χ0) is 16.4. The van der Waals surface area contributed by atoms with Crippen LogP contribution in [-0.2, 0) is 17.9 Å². The van der Waals surface area contributed by atoms with Crippen molar-refractivity contribution in [1.82, 2.24) is 9.13 Å². The number of rotatable bonds is 5. The molecular formula is C17H16N2O4. The van der Waals surface area contributed by atoms with E-state index in [2.05, 4.69) is 0 Å². The van der Waals surface area contributed by atoms with Crippen molar-refractivity contribution >= 4 is 17.0 Å². The maximum Gasteiger partial charge on any atom is 0.329 e. The van der Waals surface area contributed by atoms with Gasteiger partial charge in [-0.2, -0.15) is 0 Å². The van der Waals surface area contributed by atoms with Gasteiger partial charge in [0.2, 0.25) is 0 Å². The van der Waals surface area contributed by atoms with E-state index in [9.17, 15) is 9.59 Å². The molecule has 0 atom stereocenters. The van der Waals surface area contributed by atoms with E-state index in [4.69, 9.17) is 9.84 Å². The highest BCUT2D eigenvalue weighted by molar-refractivity contribution is 5.78. The fourth-order valence-electron chi connectivity index (χ4n) is 2.63. The largest absolute Gasteiger partial charge is 0.497 e. The second-order valence-electron chi connectivity index (χ2n) is 5.19. The minimum Gasteiger partial charge on any atom is -0.497 e. The van der Waals surface area contributed by atoms with Crippen LogP contribution in [0.3, 0.4) is 0 Å². The number of carbonyl (C=O) groups is 1. The molecule has 0 amide bonds. The number of carboxylic acids is 1. The number of fused-ring (bicyclic) bond motifs is 1. The molecule has 1 aromatic heterocycles. The van der Waals surface area contributed by atoms with Crippen molar-refractivity contribution < 1.29 is 14.6 Å². The lowest BCUT2D eigenvalue weighted by molar-refractivity contribution is -0.137. The van der Waals surface area contributed by atoms with Gasteiger partial charge in [0.25, 0.3) is 0 Å². The first-order valence-electron chi connectivity index (χ1n) is 7.13. The van der Waals surface area contributed by atoms with E-state index in [-0.39, 0.29) is 12.2 Å². The van der Waals surface area contributed by atoms with E-state index in [1.807, 2.05) is 36.4 Å². The maximum absolute atomic E-state index is 12.6. The molecular weight excluding hydrogens is 296 g/mol. The topological polar surface area (TPSA) is 73.5 Å². The van der Waals surface area contributed by atoms with Gasteiger partial charge in [-0.25, -0.2) is 4.79 Å². The number of carboxylic acid groups (broad SMARTS) is 1. The molecule has 2 aromatic carbocycles.